The van der Waals surface area contributed by atoms with E-state index >= 15 is 0 Å². The van der Waals surface area contributed by atoms with Crippen LogP contribution in [-0.2, 0) is 0 Å². The van der Waals surface area contributed by atoms with Crippen LogP contribution in [0.1, 0.15) is 23.3 Å². The van der Waals surface area contributed by atoms with E-state index in [-0.39, 0.29) is 0 Å². The van der Waals surface area contributed by atoms with E-state index < -0.39 is 18.3 Å². The molecule has 1 heterocycles. The molecule has 0 spiro atoms. The Kier molecular flexibility index (Phi) is 5.11. The third-order valence-electron chi connectivity index (χ3n) is 4.45. The molecular formula is C19H22O7. The van der Waals surface area contributed by atoms with Crippen LogP contribution in [0.3, 0.4) is 0 Å². The maximum Gasteiger partial charge on any atom is 0.161 e. The van der Waals surface area contributed by atoms with Crippen molar-refractivity contribution in [2.75, 3.05) is 28.4 Å². The molecule has 0 amide bonds. The Balaban J connectivity index is 2.05. The van der Waals surface area contributed by atoms with Crippen LogP contribution in [0.5, 0.6) is 28.7 Å². The molecule has 0 aromatic heterocycles. The van der Waals surface area contributed by atoms with E-state index in [0.717, 1.165) is 0 Å². The molecule has 1 aliphatic heterocycles. The molecule has 0 saturated heterocycles. The summed E-state index contributed by atoms with van der Waals surface area (Å²) < 4.78 is 27.1. The Morgan fingerprint density at radius 3 is 2.12 bits per heavy atom. The predicted molar refractivity (Wildman–Crippen MR) is 93.4 cm³/mol. The molecule has 0 saturated carbocycles. The normalized spacial score (nSPS) is 21.4. The third kappa shape index (κ3) is 3.00. The van der Waals surface area contributed by atoms with Gasteiger partial charge < -0.3 is 33.9 Å². The number of rotatable bonds is 5. The lowest BCUT2D eigenvalue weighted by Gasteiger charge is -2.35. The highest BCUT2D eigenvalue weighted by Crippen LogP contribution is 2.48. The zero-order chi connectivity index (χ0) is 18.8. The SMILES string of the molecule is COc1cc(OC)c2c(c1)O[C@@H](c1ccc(OC)c(OC)c1)[C@H](O)[C@H]2O. The first-order valence-electron chi connectivity index (χ1n) is 8.04. The van der Waals surface area contributed by atoms with E-state index in [4.69, 9.17) is 23.7 Å². The Hall–Kier alpha value is -2.64. The second-order valence-electron chi connectivity index (χ2n) is 5.83. The van der Waals surface area contributed by atoms with Gasteiger partial charge in [0.1, 0.15) is 29.5 Å². The largest absolute Gasteiger partial charge is 0.496 e. The minimum Gasteiger partial charge on any atom is -0.496 e. The van der Waals surface area contributed by atoms with Crippen molar-refractivity contribution < 1.29 is 33.9 Å². The molecule has 0 aliphatic carbocycles. The molecule has 7 heteroatoms. The van der Waals surface area contributed by atoms with Crippen LogP contribution in [0.2, 0.25) is 0 Å². The number of hydrogen-bond donors (Lipinski definition) is 2. The first kappa shape index (κ1) is 18.2. The number of aliphatic hydroxyl groups is 2. The van der Waals surface area contributed by atoms with Gasteiger partial charge in [0.2, 0.25) is 0 Å². The Labute approximate surface area is 151 Å². The topological polar surface area (TPSA) is 86.6 Å². The number of methoxy groups -OCH3 is 4. The molecule has 26 heavy (non-hydrogen) atoms. The number of hydrogen-bond acceptors (Lipinski definition) is 7. The highest BCUT2D eigenvalue weighted by Gasteiger charge is 2.40. The molecule has 3 rings (SSSR count). The maximum absolute atomic E-state index is 10.7. The smallest absolute Gasteiger partial charge is 0.161 e. The third-order valence-corrected chi connectivity index (χ3v) is 4.45. The summed E-state index contributed by atoms with van der Waals surface area (Å²) in [6.45, 7) is 0. The van der Waals surface area contributed by atoms with Gasteiger partial charge >= 0.3 is 0 Å². The fourth-order valence-corrected chi connectivity index (χ4v) is 3.09. The van der Waals surface area contributed by atoms with Gasteiger partial charge in [-0.05, 0) is 17.7 Å². The number of aliphatic hydroxyl groups excluding tert-OH is 2. The first-order chi connectivity index (χ1) is 12.5. The zero-order valence-electron chi connectivity index (χ0n) is 15.1. The minimum absolute atomic E-state index is 0.386. The molecule has 7 nitrogen and oxygen atoms in total. The average Bonchev–Trinajstić information content (AvgIpc) is 2.68. The van der Waals surface area contributed by atoms with Crippen molar-refractivity contribution in [2.24, 2.45) is 0 Å². The highest BCUT2D eigenvalue weighted by atomic mass is 16.5. The maximum atomic E-state index is 10.7. The van der Waals surface area contributed by atoms with Crippen molar-refractivity contribution in [3.63, 3.8) is 0 Å². The van der Waals surface area contributed by atoms with E-state index in [1.807, 2.05) is 0 Å². The summed E-state index contributed by atoms with van der Waals surface area (Å²) in [5, 5.41) is 21.3. The molecular weight excluding hydrogens is 340 g/mol. The Morgan fingerprint density at radius 2 is 1.50 bits per heavy atom. The van der Waals surface area contributed by atoms with Crippen molar-refractivity contribution in [1.29, 1.82) is 0 Å². The standard InChI is InChI=1S/C19H22O7/c1-22-11-8-14(25-4)16-15(9-11)26-19(18(21)17(16)20)10-5-6-12(23-2)13(7-10)24-3/h5-9,17-21H,1-4H3/t17-,18+,19-/m0/s1. The monoisotopic (exact) mass is 362 g/mol. The predicted octanol–water partition coefficient (Wildman–Crippen LogP) is 2.25. The lowest BCUT2D eigenvalue weighted by atomic mass is 9.91. The van der Waals surface area contributed by atoms with Crippen LogP contribution in [-0.4, -0.2) is 44.8 Å². The van der Waals surface area contributed by atoms with Crippen molar-refractivity contribution in [2.45, 2.75) is 18.3 Å². The van der Waals surface area contributed by atoms with Crippen molar-refractivity contribution in [3.05, 3.63) is 41.5 Å². The fourth-order valence-electron chi connectivity index (χ4n) is 3.09. The van der Waals surface area contributed by atoms with Crippen molar-refractivity contribution in [3.8, 4) is 28.7 Å². The second kappa shape index (κ2) is 7.31. The Morgan fingerprint density at radius 1 is 0.808 bits per heavy atom. The fraction of sp³-hybridized carbons (Fsp3) is 0.368. The number of benzene rings is 2. The highest BCUT2D eigenvalue weighted by molar-refractivity contribution is 5.54. The lowest BCUT2D eigenvalue weighted by molar-refractivity contribution is -0.0711. The van der Waals surface area contributed by atoms with Crippen LogP contribution in [0, 0.1) is 0 Å². The summed E-state index contributed by atoms with van der Waals surface area (Å²) in [5.41, 5.74) is 1.03. The van der Waals surface area contributed by atoms with E-state index in [2.05, 4.69) is 0 Å². The molecule has 2 aromatic carbocycles. The summed E-state index contributed by atoms with van der Waals surface area (Å²) >= 11 is 0. The minimum atomic E-state index is -1.19. The number of ether oxygens (including phenoxy) is 5. The van der Waals surface area contributed by atoms with E-state index in [0.29, 0.717) is 39.9 Å². The summed E-state index contributed by atoms with van der Waals surface area (Å²) in [5.74, 6) is 2.36. The van der Waals surface area contributed by atoms with Gasteiger partial charge in [-0.2, -0.15) is 0 Å². The molecule has 2 N–H and O–H groups in total. The van der Waals surface area contributed by atoms with Gasteiger partial charge in [-0.25, -0.2) is 0 Å². The quantitative estimate of drug-likeness (QED) is 0.844. The van der Waals surface area contributed by atoms with Crippen LogP contribution in [0.4, 0.5) is 0 Å². The zero-order valence-corrected chi connectivity index (χ0v) is 15.1. The van der Waals surface area contributed by atoms with Gasteiger partial charge in [0.05, 0.1) is 34.0 Å². The average molecular weight is 362 g/mol. The molecule has 1 aliphatic rings. The molecule has 0 fully saturated rings. The van der Waals surface area contributed by atoms with Crippen LogP contribution in [0.25, 0.3) is 0 Å². The molecule has 0 bridgehead atoms. The van der Waals surface area contributed by atoms with E-state index in [1.54, 1.807) is 37.4 Å². The van der Waals surface area contributed by atoms with Crippen molar-refractivity contribution >= 4 is 0 Å². The van der Waals surface area contributed by atoms with Gasteiger partial charge in [0.15, 0.2) is 17.6 Å². The van der Waals surface area contributed by atoms with Gasteiger partial charge in [-0.3, -0.25) is 0 Å². The Bertz CT molecular complexity index is 790. The molecule has 0 radical (unpaired) electrons. The van der Waals surface area contributed by atoms with Gasteiger partial charge in [-0.1, -0.05) is 6.07 Å². The van der Waals surface area contributed by atoms with Crippen LogP contribution < -0.4 is 23.7 Å². The molecule has 2 aromatic rings. The summed E-state index contributed by atoms with van der Waals surface area (Å²) in [7, 11) is 6.08. The van der Waals surface area contributed by atoms with Gasteiger partial charge in [-0.15, -0.1) is 0 Å². The van der Waals surface area contributed by atoms with E-state index in [1.165, 1.54) is 21.3 Å². The van der Waals surface area contributed by atoms with Crippen molar-refractivity contribution in [1.82, 2.24) is 0 Å². The van der Waals surface area contributed by atoms with Gasteiger partial charge in [0, 0.05) is 12.1 Å². The lowest BCUT2D eigenvalue weighted by Crippen LogP contribution is -2.34. The summed E-state index contributed by atoms with van der Waals surface area (Å²) in [4.78, 5) is 0. The molecule has 3 atom stereocenters. The van der Waals surface area contributed by atoms with Crippen LogP contribution >= 0.6 is 0 Å². The summed E-state index contributed by atoms with van der Waals surface area (Å²) in [6, 6.07) is 8.47. The van der Waals surface area contributed by atoms with E-state index in [9.17, 15) is 10.2 Å². The van der Waals surface area contributed by atoms with Crippen LogP contribution in [0.15, 0.2) is 30.3 Å². The second-order valence-corrected chi connectivity index (χ2v) is 5.83. The molecule has 140 valence electrons. The molecule has 0 unspecified atom stereocenters. The first-order valence-corrected chi connectivity index (χ1v) is 8.04. The number of fused-ring (bicyclic) bond motifs is 1. The van der Waals surface area contributed by atoms with Gasteiger partial charge in [0.25, 0.3) is 0 Å². The summed E-state index contributed by atoms with van der Waals surface area (Å²) in [6.07, 6.45) is -3.17.